The molecule has 0 aliphatic rings. The van der Waals surface area contributed by atoms with Gasteiger partial charge in [-0.15, -0.1) is 10.2 Å². The maximum absolute atomic E-state index is 12.4. The van der Waals surface area contributed by atoms with Gasteiger partial charge in [-0.25, -0.2) is 9.78 Å². The van der Waals surface area contributed by atoms with Crippen molar-refractivity contribution in [2.24, 2.45) is 0 Å². The van der Waals surface area contributed by atoms with Gasteiger partial charge >= 0.3 is 11.5 Å². The number of anilines is 2. The number of carbonyl (C=O) groups excluding carboxylic acids is 1. The molecule has 2 N–H and O–H groups in total. The summed E-state index contributed by atoms with van der Waals surface area (Å²) in [6.07, 6.45) is 4.98. The van der Waals surface area contributed by atoms with Crippen molar-refractivity contribution in [3.63, 3.8) is 0 Å². The van der Waals surface area contributed by atoms with E-state index in [2.05, 4.69) is 25.8 Å². The highest BCUT2D eigenvalue weighted by Crippen LogP contribution is 2.37. The standard InChI is InChI=1S/C21H15F3N6O2S/c22-21(23,24)33-17-7-3-15(4-8-17)27-20(31)26-14-1-5-16(6-2-14)32-19-10-9-18(28-29-19)30-12-11-25-13-30/h1-13H,(H2,26,27,31). The van der Waals surface area contributed by atoms with Crippen LogP contribution in [0.3, 0.4) is 0 Å². The monoisotopic (exact) mass is 472 g/mol. The van der Waals surface area contributed by atoms with Crippen LogP contribution in [0.15, 0.2) is 84.3 Å². The summed E-state index contributed by atoms with van der Waals surface area (Å²) in [5.74, 6) is 1.38. The first-order chi connectivity index (χ1) is 15.8. The fourth-order valence-electron chi connectivity index (χ4n) is 2.66. The molecule has 2 aromatic heterocycles. The van der Waals surface area contributed by atoms with E-state index in [-0.39, 0.29) is 16.7 Å². The summed E-state index contributed by atoms with van der Waals surface area (Å²) in [7, 11) is 0. The summed E-state index contributed by atoms with van der Waals surface area (Å²) in [6.45, 7) is 0. The topological polar surface area (TPSA) is 94.0 Å². The van der Waals surface area contributed by atoms with E-state index in [0.29, 0.717) is 28.8 Å². The normalized spacial score (nSPS) is 11.1. The zero-order valence-corrected chi connectivity index (χ0v) is 17.5. The molecule has 0 spiro atoms. The minimum absolute atomic E-state index is 0.0325. The van der Waals surface area contributed by atoms with Gasteiger partial charge in [-0.1, -0.05) is 0 Å². The molecule has 0 bridgehead atoms. The van der Waals surface area contributed by atoms with Crippen LogP contribution >= 0.6 is 11.8 Å². The van der Waals surface area contributed by atoms with Crippen molar-refractivity contribution in [2.75, 3.05) is 10.6 Å². The summed E-state index contributed by atoms with van der Waals surface area (Å²) < 4.78 is 44.5. The van der Waals surface area contributed by atoms with Gasteiger partial charge in [-0.2, -0.15) is 13.2 Å². The Morgan fingerprint density at radius 3 is 2.12 bits per heavy atom. The van der Waals surface area contributed by atoms with E-state index in [9.17, 15) is 18.0 Å². The number of thioether (sulfide) groups is 1. The maximum atomic E-state index is 12.4. The summed E-state index contributed by atoms with van der Waals surface area (Å²) in [6, 6.07) is 14.8. The fourth-order valence-corrected chi connectivity index (χ4v) is 3.20. The third-order valence-electron chi connectivity index (χ3n) is 4.08. The third-order valence-corrected chi connectivity index (χ3v) is 4.81. The second kappa shape index (κ2) is 9.61. The molecule has 0 saturated carbocycles. The van der Waals surface area contributed by atoms with Gasteiger partial charge in [0.15, 0.2) is 5.82 Å². The average molecular weight is 472 g/mol. The zero-order chi connectivity index (χ0) is 23.3. The molecular formula is C21H15F3N6O2S. The minimum atomic E-state index is -4.36. The molecular weight excluding hydrogens is 457 g/mol. The van der Waals surface area contributed by atoms with Crippen LogP contribution in [0.2, 0.25) is 0 Å². The van der Waals surface area contributed by atoms with Crippen LogP contribution in [0.25, 0.3) is 5.82 Å². The van der Waals surface area contributed by atoms with Crippen molar-refractivity contribution >= 4 is 29.2 Å². The summed E-state index contributed by atoms with van der Waals surface area (Å²) in [5.41, 5.74) is -3.51. The first-order valence-electron chi connectivity index (χ1n) is 9.38. The number of amides is 2. The predicted molar refractivity (Wildman–Crippen MR) is 117 cm³/mol. The fraction of sp³-hybridized carbons (Fsp3) is 0.0476. The maximum Gasteiger partial charge on any atom is 0.446 e. The van der Waals surface area contributed by atoms with Crippen molar-refractivity contribution in [1.29, 1.82) is 0 Å². The molecule has 4 rings (SSSR count). The Bertz CT molecular complexity index is 1200. The van der Waals surface area contributed by atoms with Gasteiger partial charge in [0.1, 0.15) is 12.1 Å². The lowest BCUT2D eigenvalue weighted by atomic mass is 10.3. The number of rotatable bonds is 6. The first kappa shape index (κ1) is 22.1. The first-order valence-corrected chi connectivity index (χ1v) is 10.2. The average Bonchev–Trinajstić information content (AvgIpc) is 3.31. The van der Waals surface area contributed by atoms with E-state index < -0.39 is 11.5 Å². The molecule has 0 aliphatic carbocycles. The lowest BCUT2D eigenvalue weighted by molar-refractivity contribution is -0.0328. The van der Waals surface area contributed by atoms with Gasteiger partial charge < -0.3 is 15.4 Å². The van der Waals surface area contributed by atoms with Crippen LogP contribution in [-0.2, 0) is 0 Å². The Labute approximate surface area is 189 Å². The number of hydrogen-bond acceptors (Lipinski definition) is 6. The number of ether oxygens (including phenoxy) is 1. The van der Waals surface area contributed by atoms with Gasteiger partial charge in [0.25, 0.3) is 0 Å². The van der Waals surface area contributed by atoms with Crippen molar-refractivity contribution in [3.05, 3.63) is 79.4 Å². The molecule has 2 aromatic carbocycles. The minimum Gasteiger partial charge on any atom is -0.438 e. The van der Waals surface area contributed by atoms with E-state index in [1.165, 1.54) is 24.3 Å². The Morgan fingerprint density at radius 2 is 1.58 bits per heavy atom. The number of carbonyl (C=O) groups is 1. The number of benzene rings is 2. The lowest BCUT2D eigenvalue weighted by Crippen LogP contribution is -2.19. The lowest BCUT2D eigenvalue weighted by Gasteiger charge is -2.10. The van der Waals surface area contributed by atoms with Crippen molar-refractivity contribution in [2.45, 2.75) is 10.4 Å². The third kappa shape index (κ3) is 6.46. The number of halogens is 3. The Kier molecular flexibility index (Phi) is 6.45. The number of alkyl halides is 3. The van der Waals surface area contributed by atoms with Gasteiger partial charge in [-0.3, -0.25) is 4.57 Å². The molecule has 2 amide bonds. The Hall–Kier alpha value is -4.06. The highest BCUT2D eigenvalue weighted by molar-refractivity contribution is 8.00. The Balaban J connectivity index is 1.29. The Morgan fingerprint density at radius 1 is 0.909 bits per heavy atom. The smallest absolute Gasteiger partial charge is 0.438 e. The van der Waals surface area contributed by atoms with Gasteiger partial charge in [-0.05, 0) is 66.4 Å². The van der Waals surface area contributed by atoms with Crippen LogP contribution < -0.4 is 15.4 Å². The molecule has 0 aliphatic heterocycles. The largest absolute Gasteiger partial charge is 0.446 e. The van der Waals surface area contributed by atoms with Crippen LogP contribution in [-0.4, -0.2) is 31.3 Å². The van der Waals surface area contributed by atoms with E-state index in [0.717, 1.165) is 0 Å². The summed E-state index contributed by atoms with van der Waals surface area (Å²) in [4.78, 5) is 16.1. The van der Waals surface area contributed by atoms with Crippen LogP contribution in [0.5, 0.6) is 11.6 Å². The van der Waals surface area contributed by atoms with Crippen LogP contribution in [0, 0.1) is 0 Å². The molecule has 2 heterocycles. The number of imidazole rings is 1. The molecule has 33 heavy (non-hydrogen) atoms. The van der Waals surface area contributed by atoms with E-state index in [1.54, 1.807) is 59.7 Å². The molecule has 0 radical (unpaired) electrons. The van der Waals surface area contributed by atoms with Gasteiger partial charge in [0.05, 0.1) is 0 Å². The summed E-state index contributed by atoms with van der Waals surface area (Å²) in [5, 5.41) is 13.3. The van der Waals surface area contributed by atoms with E-state index in [1.807, 2.05) is 0 Å². The van der Waals surface area contributed by atoms with E-state index >= 15 is 0 Å². The predicted octanol–water partition coefficient (Wildman–Crippen LogP) is 5.71. The van der Waals surface area contributed by atoms with Crippen molar-refractivity contribution in [1.82, 2.24) is 19.7 Å². The van der Waals surface area contributed by atoms with Crippen LogP contribution in [0.1, 0.15) is 0 Å². The highest BCUT2D eigenvalue weighted by atomic mass is 32.2. The molecule has 4 aromatic rings. The number of aromatic nitrogens is 4. The SMILES string of the molecule is O=C(Nc1ccc(Oc2ccc(-n3ccnc3)nn2)cc1)Nc1ccc(SC(F)(F)F)cc1. The number of nitrogens with zero attached hydrogens (tertiary/aromatic N) is 4. The molecule has 0 unspecified atom stereocenters. The molecule has 8 nitrogen and oxygen atoms in total. The van der Waals surface area contributed by atoms with Gasteiger partial charge in [0, 0.05) is 34.7 Å². The molecule has 0 atom stereocenters. The molecule has 168 valence electrons. The quantitative estimate of drug-likeness (QED) is 0.349. The number of hydrogen-bond donors (Lipinski definition) is 2. The second-order valence-corrected chi connectivity index (χ2v) is 7.62. The van der Waals surface area contributed by atoms with Crippen molar-refractivity contribution in [3.8, 4) is 17.4 Å². The number of urea groups is 1. The highest BCUT2D eigenvalue weighted by Gasteiger charge is 2.29. The van der Waals surface area contributed by atoms with E-state index in [4.69, 9.17) is 4.74 Å². The molecule has 12 heteroatoms. The molecule has 0 saturated heterocycles. The second-order valence-electron chi connectivity index (χ2n) is 6.48. The number of nitrogens with one attached hydrogen (secondary N) is 2. The van der Waals surface area contributed by atoms with Crippen LogP contribution in [0.4, 0.5) is 29.3 Å². The van der Waals surface area contributed by atoms with Gasteiger partial charge in [0.2, 0.25) is 5.88 Å². The summed E-state index contributed by atoms with van der Waals surface area (Å²) >= 11 is -0.219. The zero-order valence-electron chi connectivity index (χ0n) is 16.7. The van der Waals surface area contributed by atoms with Crippen molar-refractivity contribution < 1.29 is 22.7 Å². The molecule has 0 fully saturated rings.